The molecular weight excluding hydrogens is 72.0 g/mol. The van der Waals surface area contributed by atoms with E-state index in [1.54, 1.807) is 0 Å². The Morgan fingerprint density at radius 3 is 1.20 bits per heavy atom. The van der Waals surface area contributed by atoms with Crippen LogP contribution in [-0.2, 0) is 14.9 Å². The number of fused-ring (bicyclic) bond motifs is 1. The maximum absolute atomic E-state index is 4.58. The third kappa shape index (κ3) is 0.221. The number of rotatable bonds is 0. The van der Waals surface area contributed by atoms with Gasteiger partial charge in [0.2, 0.25) is 12.6 Å². The van der Waals surface area contributed by atoms with Crippen LogP contribution in [0.15, 0.2) is 0 Å². The highest BCUT2D eigenvalue weighted by Crippen LogP contribution is 2.41. The van der Waals surface area contributed by atoms with E-state index in [0.717, 1.165) is 0 Å². The Hall–Kier alpha value is -0.120. The molecule has 3 nitrogen and oxygen atoms in total. The predicted octanol–water partition coefficient (Wildman–Crippen LogP) is -0.420. The van der Waals surface area contributed by atoms with Crippen LogP contribution in [0.4, 0.5) is 0 Å². The van der Waals surface area contributed by atoms with Crippen LogP contribution in [0.3, 0.4) is 0 Å². The van der Waals surface area contributed by atoms with Crippen molar-refractivity contribution in [2.24, 2.45) is 0 Å². The summed E-state index contributed by atoms with van der Waals surface area (Å²) in [4.78, 5) is 0. The van der Waals surface area contributed by atoms with Crippen LogP contribution in [0.25, 0.3) is 0 Å². The van der Waals surface area contributed by atoms with Gasteiger partial charge in [-0.3, -0.25) is 0 Å². The van der Waals surface area contributed by atoms with Gasteiger partial charge in [0.25, 0.3) is 0 Å². The maximum Gasteiger partial charge on any atom is 0.215 e. The minimum absolute atomic E-state index is 0. The van der Waals surface area contributed by atoms with Crippen molar-refractivity contribution in [2.45, 2.75) is 12.6 Å². The highest BCUT2D eigenvalue weighted by atomic mass is 17.0. The SMILES string of the molecule is O1C2OC12.[O]. The van der Waals surface area contributed by atoms with Gasteiger partial charge in [-0.1, -0.05) is 0 Å². The summed E-state index contributed by atoms with van der Waals surface area (Å²) in [7, 11) is 0. The number of hydrogen-bond donors (Lipinski definition) is 0. The molecule has 0 saturated carbocycles. The van der Waals surface area contributed by atoms with Gasteiger partial charge in [-0.15, -0.1) is 0 Å². The van der Waals surface area contributed by atoms with Gasteiger partial charge in [0.05, 0.1) is 0 Å². The molecule has 0 aromatic heterocycles. The smallest absolute Gasteiger partial charge is 0.215 e. The summed E-state index contributed by atoms with van der Waals surface area (Å²) >= 11 is 0. The first kappa shape index (κ1) is 3.08. The normalized spacial score (nSPS) is 52.8. The van der Waals surface area contributed by atoms with Gasteiger partial charge in [-0.05, 0) is 0 Å². The third-order valence-electron chi connectivity index (χ3n) is 0.605. The molecule has 3 heteroatoms. The van der Waals surface area contributed by atoms with Crippen LogP contribution in [-0.4, -0.2) is 12.6 Å². The fourth-order valence-electron chi connectivity index (χ4n) is 0.184. The van der Waals surface area contributed by atoms with E-state index in [9.17, 15) is 0 Å². The first-order valence-electron chi connectivity index (χ1n) is 1.28. The minimum atomic E-state index is 0. The van der Waals surface area contributed by atoms with Crippen molar-refractivity contribution in [3.63, 3.8) is 0 Å². The number of ether oxygens (including phenoxy) is 2. The molecule has 0 atom stereocenters. The summed E-state index contributed by atoms with van der Waals surface area (Å²) in [6.45, 7) is 0. The van der Waals surface area contributed by atoms with Crippen molar-refractivity contribution in [3.8, 4) is 0 Å². The summed E-state index contributed by atoms with van der Waals surface area (Å²) in [6, 6.07) is 0. The summed E-state index contributed by atoms with van der Waals surface area (Å²) in [5.74, 6) is 0. The lowest BCUT2D eigenvalue weighted by molar-refractivity contribution is 0.0108. The molecule has 2 saturated heterocycles. The summed E-state index contributed by atoms with van der Waals surface area (Å²) in [6.07, 6.45) is 0.500. The number of epoxide rings is 2. The van der Waals surface area contributed by atoms with Gasteiger partial charge in [0.15, 0.2) is 0 Å². The Morgan fingerprint density at radius 1 is 1.00 bits per heavy atom. The van der Waals surface area contributed by atoms with Crippen LogP contribution in [0.2, 0.25) is 0 Å². The van der Waals surface area contributed by atoms with Crippen molar-refractivity contribution in [2.75, 3.05) is 0 Å². The van der Waals surface area contributed by atoms with Gasteiger partial charge in [0.1, 0.15) is 0 Å². The molecule has 0 spiro atoms. The minimum Gasteiger partial charge on any atom is -0.313 e. The van der Waals surface area contributed by atoms with E-state index in [2.05, 4.69) is 9.47 Å². The molecule has 0 aliphatic carbocycles. The second-order valence-corrected chi connectivity index (χ2v) is 1.01. The molecule has 0 aromatic carbocycles. The van der Waals surface area contributed by atoms with E-state index in [0.29, 0.717) is 0 Å². The van der Waals surface area contributed by atoms with Crippen molar-refractivity contribution in [3.05, 3.63) is 0 Å². The second-order valence-electron chi connectivity index (χ2n) is 1.01. The molecule has 0 N–H and O–H groups in total. The van der Waals surface area contributed by atoms with Gasteiger partial charge in [0, 0.05) is 5.48 Å². The topological polar surface area (TPSA) is 53.6 Å². The molecule has 2 aliphatic heterocycles. The average Bonchev–Trinajstić information content (AvgIpc) is 1.36. The van der Waals surface area contributed by atoms with Crippen LogP contribution in [0.1, 0.15) is 0 Å². The highest BCUT2D eigenvalue weighted by molar-refractivity contribution is 4.81. The Balaban J connectivity index is 0.000000125. The first-order chi connectivity index (χ1) is 1.97. The summed E-state index contributed by atoms with van der Waals surface area (Å²) < 4.78 is 9.17. The van der Waals surface area contributed by atoms with Crippen molar-refractivity contribution < 1.29 is 14.9 Å². The van der Waals surface area contributed by atoms with Crippen LogP contribution < -0.4 is 0 Å². The molecule has 0 bridgehead atoms. The van der Waals surface area contributed by atoms with E-state index in [4.69, 9.17) is 0 Å². The van der Waals surface area contributed by atoms with Crippen molar-refractivity contribution in [1.29, 1.82) is 0 Å². The quantitative estimate of drug-likeness (QED) is 0.366. The second kappa shape index (κ2) is 0.518. The van der Waals surface area contributed by atoms with E-state index in [1.165, 1.54) is 0 Å². The van der Waals surface area contributed by atoms with Gasteiger partial charge >= 0.3 is 0 Å². The molecule has 2 rings (SSSR count). The van der Waals surface area contributed by atoms with Crippen LogP contribution in [0.5, 0.6) is 0 Å². The van der Waals surface area contributed by atoms with E-state index in [-0.39, 0.29) is 18.1 Å². The van der Waals surface area contributed by atoms with Gasteiger partial charge in [-0.25, -0.2) is 0 Å². The standard InChI is InChI=1S/C2H2O2.O/c3-1-2(3)4-1;/h1-2H;. The molecule has 5 heavy (non-hydrogen) atoms. The van der Waals surface area contributed by atoms with Gasteiger partial charge < -0.3 is 9.47 Å². The maximum atomic E-state index is 4.58. The first-order valence-corrected chi connectivity index (χ1v) is 1.28. The molecule has 28 valence electrons. The Morgan fingerprint density at radius 2 is 1.20 bits per heavy atom. The third-order valence-corrected chi connectivity index (χ3v) is 0.605. The summed E-state index contributed by atoms with van der Waals surface area (Å²) in [5.41, 5.74) is 0. The number of hydrogen-bond acceptors (Lipinski definition) is 2. The molecule has 2 radical (unpaired) electrons. The fraction of sp³-hybridized carbons (Fsp3) is 1.00. The highest BCUT2D eigenvalue weighted by Gasteiger charge is 2.59. The monoisotopic (exact) mass is 74.0 g/mol. The average molecular weight is 74.0 g/mol. The fourth-order valence-corrected chi connectivity index (χ4v) is 0.184. The molecule has 2 fully saturated rings. The molecule has 0 amide bonds. The van der Waals surface area contributed by atoms with Crippen LogP contribution >= 0.6 is 0 Å². The molecular formula is C2H2O3. The van der Waals surface area contributed by atoms with Crippen LogP contribution in [0, 0.1) is 0 Å². The Kier molecular flexibility index (Phi) is 0.320. The van der Waals surface area contributed by atoms with Crippen molar-refractivity contribution >= 4 is 0 Å². The van der Waals surface area contributed by atoms with E-state index < -0.39 is 0 Å². The lowest BCUT2D eigenvalue weighted by Gasteiger charge is -1.69. The molecule has 2 aliphatic rings. The van der Waals surface area contributed by atoms with Gasteiger partial charge in [-0.2, -0.15) is 0 Å². The molecule has 0 aromatic rings. The largest absolute Gasteiger partial charge is 0.313 e. The molecule has 0 unspecified atom stereocenters. The Labute approximate surface area is 28.8 Å². The lowest BCUT2D eigenvalue weighted by atomic mass is 11.0. The predicted molar refractivity (Wildman–Crippen MR) is 10.4 cm³/mol. The zero-order valence-corrected chi connectivity index (χ0v) is 2.38. The zero-order chi connectivity index (χ0) is 2.57. The molecule has 2 heterocycles. The van der Waals surface area contributed by atoms with Crippen molar-refractivity contribution in [1.82, 2.24) is 0 Å². The zero-order valence-electron chi connectivity index (χ0n) is 2.38. The summed E-state index contributed by atoms with van der Waals surface area (Å²) in [5, 5.41) is 0. The Bertz CT molecular complexity index is 40.9. The van der Waals surface area contributed by atoms with E-state index >= 15 is 0 Å². The lowest BCUT2D eigenvalue weighted by Crippen LogP contribution is -1.68. The van der Waals surface area contributed by atoms with E-state index in [1.807, 2.05) is 0 Å².